The van der Waals surface area contributed by atoms with Gasteiger partial charge >= 0.3 is 0 Å². The summed E-state index contributed by atoms with van der Waals surface area (Å²) in [5.74, 6) is -0.362. The van der Waals surface area contributed by atoms with Crippen LogP contribution in [0.1, 0.15) is 31.0 Å². The first kappa shape index (κ1) is 16.2. The van der Waals surface area contributed by atoms with Crippen molar-refractivity contribution in [1.82, 2.24) is 5.32 Å². The number of amides is 1. The van der Waals surface area contributed by atoms with Crippen molar-refractivity contribution >= 4 is 11.6 Å². The molecular formula is C18H21FN2O. The Morgan fingerprint density at radius 2 is 1.59 bits per heavy atom. The van der Waals surface area contributed by atoms with Gasteiger partial charge in [-0.15, -0.1) is 0 Å². The number of aryl methyl sites for hydroxylation is 1. The zero-order valence-corrected chi connectivity index (χ0v) is 13.1. The van der Waals surface area contributed by atoms with Gasteiger partial charge in [0.05, 0.1) is 6.04 Å². The van der Waals surface area contributed by atoms with Crippen molar-refractivity contribution in [2.75, 3.05) is 5.32 Å². The van der Waals surface area contributed by atoms with Gasteiger partial charge in [0, 0.05) is 11.7 Å². The van der Waals surface area contributed by atoms with Gasteiger partial charge in [0.1, 0.15) is 5.82 Å². The van der Waals surface area contributed by atoms with E-state index in [1.165, 1.54) is 12.1 Å². The van der Waals surface area contributed by atoms with E-state index in [4.69, 9.17) is 0 Å². The number of anilines is 1. The molecule has 0 bridgehead atoms. The van der Waals surface area contributed by atoms with Crippen molar-refractivity contribution in [2.24, 2.45) is 0 Å². The SMILES string of the molecule is Cc1ccc(NC(=O)C(C)NC(C)c2ccc(F)cc2)cc1. The van der Waals surface area contributed by atoms with E-state index in [-0.39, 0.29) is 23.8 Å². The van der Waals surface area contributed by atoms with Crippen molar-refractivity contribution in [2.45, 2.75) is 32.9 Å². The summed E-state index contributed by atoms with van der Waals surface area (Å²) < 4.78 is 12.9. The Hall–Kier alpha value is -2.20. The molecule has 2 atom stereocenters. The summed E-state index contributed by atoms with van der Waals surface area (Å²) in [7, 11) is 0. The van der Waals surface area contributed by atoms with Crippen molar-refractivity contribution in [1.29, 1.82) is 0 Å². The molecule has 4 heteroatoms. The number of nitrogens with one attached hydrogen (secondary N) is 2. The van der Waals surface area contributed by atoms with Crippen LogP contribution >= 0.6 is 0 Å². The average molecular weight is 300 g/mol. The lowest BCUT2D eigenvalue weighted by Gasteiger charge is -2.20. The molecule has 0 aliphatic heterocycles. The Kier molecular flexibility index (Phi) is 5.28. The van der Waals surface area contributed by atoms with Crippen LogP contribution in [0.25, 0.3) is 0 Å². The minimum absolute atomic E-state index is 0.0423. The zero-order chi connectivity index (χ0) is 16.1. The quantitative estimate of drug-likeness (QED) is 0.881. The maximum Gasteiger partial charge on any atom is 0.241 e. The number of hydrogen-bond donors (Lipinski definition) is 2. The molecular weight excluding hydrogens is 279 g/mol. The number of rotatable bonds is 5. The molecule has 3 nitrogen and oxygen atoms in total. The third-order valence-electron chi connectivity index (χ3n) is 3.58. The Balaban J connectivity index is 1.93. The lowest BCUT2D eigenvalue weighted by atomic mass is 10.1. The van der Waals surface area contributed by atoms with Gasteiger partial charge in [0.25, 0.3) is 0 Å². The maximum atomic E-state index is 12.9. The number of carbonyl (C=O) groups excluding carboxylic acids is 1. The number of hydrogen-bond acceptors (Lipinski definition) is 2. The van der Waals surface area contributed by atoms with E-state index >= 15 is 0 Å². The van der Waals surface area contributed by atoms with Gasteiger partial charge in [0.15, 0.2) is 0 Å². The number of halogens is 1. The molecule has 0 aromatic heterocycles. The molecule has 22 heavy (non-hydrogen) atoms. The van der Waals surface area contributed by atoms with Crippen molar-refractivity contribution < 1.29 is 9.18 Å². The third kappa shape index (κ3) is 4.40. The molecule has 0 saturated carbocycles. The van der Waals surface area contributed by atoms with Crippen LogP contribution in [0.15, 0.2) is 48.5 Å². The minimum Gasteiger partial charge on any atom is -0.325 e. The molecule has 2 N–H and O–H groups in total. The highest BCUT2D eigenvalue weighted by atomic mass is 19.1. The zero-order valence-electron chi connectivity index (χ0n) is 13.1. The first-order valence-corrected chi connectivity index (χ1v) is 7.35. The van der Waals surface area contributed by atoms with E-state index in [1.807, 2.05) is 45.0 Å². The third-order valence-corrected chi connectivity index (χ3v) is 3.58. The van der Waals surface area contributed by atoms with Gasteiger partial charge in [0.2, 0.25) is 5.91 Å². The van der Waals surface area contributed by atoms with Gasteiger partial charge in [-0.2, -0.15) is 0 Å². The second-order valence-electron chi connectivity index (χ2n) is 5.52. The van der Waals surface area contributed by atoms with Crippen LogP contribution in [0.2, 0.25) is 0 Å². The van der Waals surface area contributed by atoms with Crippen molar-refractivity contribution in [3.63, 3.8) is 0 Å². The number of carbonyl (C=O) groups is 1. The molecule has 0 spiro atoms. The molecule has 0 aliphatic rings. The second kappa shape index (κ2) is 7.18. The molecule has 116 valence electrons. The molecule has 0 heterocycles. The summed E-state index contributed by atoms with van der Waals surface area (Å²) in [4.78, 5) is 12.2. The van der Waals surface area contributed by atoms with Gasteiger partial charge in [-0.1, -0.05) is 29.8 Å². The lowest BCUT2D eigenvalue weighted by Crippen LogP contribution is -2.39. The van der Waals surface area contributed by atoms with Crippen LogP contribution < -0.4 is 10.6 Å². The maximum absolute atomic E-state index is 12.9. The fourth-order valence-electron chi connectivity index (χ4n) is 2.19. The summed E-state index contributed by atoms with van der Waals surface area (Å²) in [6.45, 7) is 5.76. The summed E-state index contributed by atoms with van der Waals surface area (Å²) in [5.41, 5.74) is 2.86. The van der Waals surface area contributed by atoms with E-state index in [0.29, 0.717) is 0 Å². The van der Waals surface area contributed by atoms with E-state index in [9.17, 15) is 9.18 Å². The van der Waals surface area contributed by atoms with Crippen LogP contribution in [0.3, 0.4) is 0 Å². The molecule has 2 rings (SSSR count). The topological polar surface area (TPSA) is 41.1 Å². The highest BCUT2D eigenvalue weighted by Gasteiger charge is 2.16. The van der Waals surface area contributed by atoms with Crippen LogP contribution in [-0.4, -0.2) is 11.9 Å². The monoisotopic (exact) mass is 300 g/mol. The molecule has 0 fully saturated rings. The Morgan fingerprint density at radius 3 is 2.18 bits per heavy atom. The van der Waals surface area contributed by atoms with Crippen LogP contribution in [0.5, 0.6) is 0 Å². The first-order valence-electron chi connectivity index (χ1n) is 7.35. The van der Waals surface area contributed by atoms with Crippen LogP contribution in [0.4, 0.5) is 10.1 Å². The van der Waals surface area contributed by atoms with Crippen LogP contribution in [0, 0.1) is 12.7 Å². The van der Waals surface area contributed by atoms with Crippen molar-refractivity contribution in [3.8, 4) is 0 Å². The van der Waals surface area contributed by atoms with E-state index in [1.54, 1.807) is 12.1 Å². The normalized spacial score (nSPS) is 13.5. The molecule has 1 amide bonds. The highest BCUT2D eigenvalue weighted by molar-refractivity contribution is 5.94. The standard InChI is InChI=1S/C18H21FN2O/c1-12-4-10-17(11-5-12)21-18(22)14(3)20-13(2)15-6-8-16(19)9-7-15/h4-11,13-14,20H,1-3H3,(H,21,22). The fourth-order valence-corrected chi connectivity index (χ4v) is 2.19. The molecule has 2 aromatic carbocycles. The summed E-state index contributed by atoms with van der Waals surface area (Å²) >= 11 is 0. The largest absolute Gasteiger partial charge is 0.325 e. The van der Waals surface area contributed by atoms with E-state index in [0.717, 1.165) is 16.8 Å². The second-order valence-corrected chi connectivity index (χ2v) is 5.52. The van der Waals surface area contributed by atoms with E-state index < -0.39 is 0 Å². The first-order chi connectivity index (χ1) is 10.5. The lowest BCUT2D eigenvalue weighted by molar-refractivity contribution is -0.117. The van der Waals surface area contributed by atoms with E-state index in [2.05, 4.69) is 10.6 Å². The van der Waals surface area contributed by atoms with Crippen molar-refractivity contribution in [3.05, 3.63) is 65.5 Å². The smallest absolute Gasteiger partial charge is 0.241 e. The minimum atomic E-state index is -0.360. The Labute approximate surface area is 130 Å². The Bertz CT molecular complexity index is 623. The predicted molar refractivity (Wildman–Crippen MR) is 87.2 cm³/mol. The highest BCUT2D eigenvalue weighted by Crippen LogP contribution is 2.14. The van der Waals surface area contributed by atoms with Gasteiger partial charge < -0.3 is 5.32 Å². The molecule has 2 aromatic rings. The van der Waals surface area contributed by atoms with Crippen LogP contribution in [-0.2, 0) is 4.79 Å². The summed E-state index contributed by atoms with van der Waals surface area (Å²) in [6, 6.07) is 13.5. The molecule has 2 unspecified atom stereocenters. The van der Waals surface area contributed by atoms with Gasteiger partial charge in [-0.25, -0.2) is 4.39 Å². The summed E-state index contributed by atoms with van der Waals surface area (Å²) in [5, 5.41) is 6.09. The average Bonchev–Trinajstić information content (AvgIpc) is 2.50. The van der Waals surface area contributed by atoms with Gasteiger partial charge in [-0.3, -0.25) is 10.1 Å². The Morgan fingerprint density at radius 1 is 1.00 bits per heavy atom. The number of benzene rings is 2. The molecule has 0 radical (unpaired) electrons. The fraction of sp³-hybridized carbons (Fsp3) is 0.278. The summed E-state index contributed by atoms with van der Waals surface area (Å²) in [6.07, 6.45) is 0. The molecule has 0 aliphatic carbocycles. The predicted octanol–water partition coefficient (Wildman–Crippen LogP) is 3.81. The van der Waals surface area contributed by atoms with Gasteiger partial charge in [-0.05, 0) is 50.6 Å². The molecule has 0 saturated heterocycles.